The zero-order chi connectivity index (χ0) is 13.8. The van der Waals surface area contributed by atoms with Crippen LogP contribution in [0.1, 0.15) is 11.1 Å². The molecule has 0 bridgehead atoms. The van der Waals surface area contributed by atoms with Crippen LogP contribution in [0.5, 0.6) is 0 Å². The molecule has 0 saturated heterocycles. The molecule has 0 amide bonds. The maximum absolute atomic E-state index is 4.10. The van der Waals surface area contributed by atoms with E-state index in [1.807, 2.05) is 24.3 Å². The molecule has 3 aromatic rings. The summed E-state index contributed by atoms with van der Waals surface area (Å²) in [6.45, 7) is 2.93. The minimum Gasteiger partial charge on any atom is -0.381 e. The molecule has 0 fully saturated rings. The Morgan fingerprint density at radius 2 is 1.75 bits per heavy atom. The lowest BCUT2D eigenvalue weighted by Gasteiger charge is -2.08. The highest BCUT2D eigenvalue weighted by Crippen LogP contribution is 2.13. The maximum Gasteiger partial charge on any atom is 0.0858 e. The summed E-state index contributed by atoms with van der Waals surface area (Å²) in [5, 5.41) is 11.6. The lowest BCUT2D eigenvalue weighted by molar-refractivity contribution is 0.752. The van der Waals surface area contributed by atoms with Gasteiger partial charge < -0.3 is 5.32 Å². The number of aryl methyl sites for hydroxylation is 1. The molecule has 2 aromatic carbocycles. The Hall–Kier alpha value is -2.62. The van der Waals surface area contributed by atoms with Crippen molar-refractivity contribution < 1.29 is 0 Å². The van der Waals surface area contributed by atoms with E-state index in [2.05, 4.69) is 46.7 Å². The smallest absolute Gasteiger partial charge is 0.0858 e. The van der Waals surface area contributed by atoms with Crippen LogP contribution >= 0.6 is 0 Å². The predicted octanol–water partition coefficient (Wildman–Crippen LogP) is 3.19. The van der Waals surface area contributed by atoms with Crippen LogP contribution in [0.25, 0.3) is 5.69 Å². The van der Waals surface area contributed by atoms with E-state index in [0.29, 0.717) is 0 Å². The van der Waals surface area contributed by atoms with Crippen molar-refractivity contribution in [1.29, 1.82) is 0 Å². The fourth-order valence-corrected chi connectivity index (χ4v) is 2.09. The summed E-state index contributed by atoms with van der Waals surface area (Å²) in [6.07, 6.45) is 3.34. The monoisotopic (exact) mass is 264 g/mol. The van der Waals surface area contributed by atoms with Crippen LogP contribution in [0.15, 0.2) is 60.9 Å². The van der Waals surface area contributed by atoms with Crippen molar-refractivity contribution in [3.05, 3.63) is 72.1 Å². The van der Waals surface area contributed by atoms with E-state index >= 15 is 0 Å². The van der Waals surface area contributed by atoms with E-state index in [1.165, 1.54) is 11.1 Å². The largest absolute Gasteiger partial charge is 0.381 e. The third-order valence-electron chi connectivity index (χ3n) is 3.10. The summed E-state index contributed by atoms with van der Waals surface area (Å²) < 4.78 is 0. The molecule has 4 heteroatoms. The molecule has 20 heavy (non-hydrogen) atoms. The van der Waals surface area contributed by atoms with E-state index in [9.17, 15) is 0 Å². The quantitative estimate of drug-likeness (QED) is 0.787. The van der Waals surface area contributed by atoms with Crippen LogP contribution in [0.2, 0.25) is 0 Å². The fraction of sp³-hybridized carbons (Fsp3) is 0.125. The van der Waals surface area contributed by atoms with Gasteiger partial charge in [0.05, 0.1) is 18.1 Å². The summed E-state index contributed by atoms with van der Waals surface area (Å²) in [4.78, 5) is 1.60. The average molecular weight is 264 g/mol. The second kappa shape index (κ2) is 5.57. The molecule has 0 unspecified atom stereocenters. The topological polar surface area (TPSA) is 42.7 Å². The van der Waals surface area contributed by atoms with E-state index < -0.39 is 0 Å². The highest BCUT2D eigenvalue weighted by Gasteiger charge is 1.98. The van der Waals surface area contributed by atoms with Gasteiger partial charge >= 0.3 is 0 Å². The van der Waals surface area contributed by atoms with Gasteiger partial charge in [-0.2, -0.15) is 15.0 Å². The Labute approximate surface area is 118 Å². The Morgan fingerprint density at radius 1 is 1.00 bits per heavy atom. The number of aromatic nitrogens is 3. The molecule has 0 aliphatic rings. The van der Waals surface area contributed by atoms with Gasteiger partial charge in [-0.1, -0.05) is 29.8 Å². The standard InChI is InChI=1S/C16H16N4/c1-13-3-2-4-14(11-13)12-17-15-5-7-16(8-6-15)20-18-9-10-19-20/h2-11,17H,12H2,1H3. The van der Waals surface area contributed by atoms with Gasteiger partial charge in [0.25, 0.3) is 0 Å². The normalized spacial score (nSPS) is 10.4. The van der Waals surface area contributed by atoms with Gasteiger partial charge in [0.15, 0.2) is 0 Å². The third-order valence-corrected chi connectivity index (χ3v) is 3.10. The molecular formula is C16H16N4. The number of hydrogen-bond acceptors (Lipinski definition) is 3. The molecule has 0 radical (unpaired) electrons. The summed E-state index contributed by atoms with van der Waals surface area (Å²) in [7, 11) is 0. The Morgan fingerprint density at radius 3 is 2.45 bits per heavy atom. The molecule has 0 spiro atoms. The van der Waals surface area contributed by atoms with Crippen molar-refractivity contribution in [3.63, 3.8) is 0 Å². The van der Waals surface area contributed by atoms with Gasteiger partial charge in [0.2, 0.25) is 0 Å². The first-order valence-electron chi connectivity index (χ1n) is 6.57. The zero-order valence-corrected chi connectivity index (χ0v) is 11.3. The van der Waals surface area contributed by atoms with Crippen molar-refractivity contribution in [2.75, 3.05) is 5.32 Å². The van der Waals surface area contributed by atoms with Gasteiger partial charge in [-0.05, 0) is 36.8 Å². The fourth-order valence-electron chi connectivity index (χ4n) is 2.09. The first-order valence-corrected chi connectivity index (χ1v) is 6.57. The minimum absolute atomic E-state index is 0.820. The average Bonchev–Trinajstić information content (AvgIpc) is 3.00. The summed E-state index contributed by atoms with van der Waals surface area (Å²) in [5.41, 5.74) is 4.60. The number of benzene rings is 2. The van der Waals surface area contributed by atoms with Crippen molar-refractivity contribution in [1.82, 2.24) is 15.0 Å². The molecule has 0 aliphatic carbocycles. The summed E-state index contributed by atoms with van der Waals surface area (Å²) in [6, 6.07) is 16.6. The predicted molar refractivity (Wildman–Crippen MR) is 79.9 cm³/mol. The van der Waals surface area contributed by atoms with Crippen LogP contribution in [-0.4, -0.2) is 15.0 Å². The molecule has 0 aliphatic heterocycles. The number of rotatable bonds is 4. The molecule has 100 valence electrons. The second-order valence-corrected chi connectivity index (χ2v) is 4.71. The van der Waals surface area contributed by atoms with Gasteiger partial charge in [0, 0.05) is 12.2 Å². The van der Waals surface area contributed by atoms with E-state index in [4.69, 9.17) is 0 Å². The van der Waals surface area contributed by atoms with Crippen molar-refractivity contribution in [2.24, 2.45) is 0 Å². The number of nitrogens with zero attached hydrogens (tertiary/aromatic N) is 3. The molecule has 4 nitrogen and oxygen atoms in total. The first kappa shape index (κ1) is 12.4. The maximum atomic E-state index is 4.10. The first-order chi connectivity index (χ1) is 9.81. The van der Waals surface area contributed by atoms with Crippen molar-refractivity contribution in [3.8, 4) is 5.69 Å². The molecule has 0 saturated carbocycles. The number of nitrogens with one attached hydrogen (secondary N) is 1. The highest BCUT2D eigenvalue weighted by atomic mass is 15.5. The van der Waals surface area contributed by atoms with Gasteiger partial charge in [-0.3, -0.25) is 0 Å². The molecule has 0 atom stereocenters. The number of hydrogen-bond donors (Lipinski definition) is 1. The lowest BCUT2D eigenvalue weighted by atomic mass is 10.1. The van der Waals surface area contributed by atoms with Crippen molar-refractivity contribution >= 4 is 5.69 Å². The highest BCUT2D eigenvalue weighted by molar-refractivity contribution is 5.48. The van der Waals surface area contributed by atoms with Crippen LogP contribution < -0.4 is 5.32 Å². The Balaban J connectivity index is 1.67. The lowest BCUT2D eigenvalue weighted by Crippen LogP contribution is -2.01. The van der Waals surface area contributed by atoms with Gasteiger partial charge in [-0.25, -0.2) is 0 Å². The van der Waals surface area contributed by atoms with E-state index in [0.717, 1.165) is 17.9 Å². The molecule has 1 N–H and O–H groups in total. The molecule has 3 rings (SSSR count). The number of anilines is 1. The Bertz CT molecular complexity index is 672. The summed E-state index contributed by atoms with van der Waals surface area (Å²) in [5.74, 6) is 0. The van der Waals surface area contributed by atoms with Crippen LogP contribution in [-0.2, 0) is 6.54 Å². The zero-order valence-electron chi connectivity index (χ0n) is 11.3. The second-order valence-electron chi connectivity index (χ2n) is 4.71. The van der Waals surface area contributed by atoms with E-state index in [1.54, 1.807) is 17.2 Å². The minimum atomic E-state index is 0.820. The van der Waals surface area contributed by atoms with Crippen molar-refractivity contribution in [2.45, 2.75) is 13.5 Å². The molecule has 1 heterocycles. The third kappa shape index (κ3) is 2.85. The molecule has 1 aromatic heterocycles. The van der Waals surface area contributed by atoms with Crippen LogP contribution in [0.3, 0.4) is 0 Å². The summed E-state index contributed by atoms with van der Waals surface area (Å²) >= 11 is 0. The van der Waals surface area contributed by atoms with Crippen LogP contribution in [0, 0.1) is 6.92 Å². The van der Waals surface area contributed by atoms with Gasteiger partial charge in [0.1, 0.15) is 0 Å². The van der Waals surface area contributed by atoms with Gasteiger partial charge in [-0.15, -0.1) is 0 Å². The van der Waals surface area contributed by atoms with Crippen LogP contribution in [0.4, 0.5) is 5.69 Å². The van der Waals surface area contributed by atoms with E-state index in [-0.39, 0.29) is 0 Å². The SMILES string of the molecule is Cc1cccc(CNc2ccc(-n3nccn3)cc2)c1. The molecular weight excluding hydrogens is 248 g/mol. The Kier molecular flexibility index (Phi) is 3.46.